The summed E-state index contributed by atoms with van der Waals surface area (Å²) in [7, 11) is -3.80. The Morgan fingerprint density at radius 3 is 2.42 bits per heavy atom. The molecule has 176 valence electrons. The Labute approximate surface area is 195 Å². The molecule has 2 bridgehead atoms. The third kappa shape index (κ3) is 4.68. The molecule has 2 fully saturated rings. The van der Waals surface area contributed by atoms with Crippen LogP contribution in [0.15, 0.2) is 59.5 Å². The van der Waals surface area contributed by atoms with Gasteiger partial charge in [-0.1, -0.05) is 57.2 Å². The van der Waals surface area contributed by atoms with Crippen molar-refractivity contribution in [2.45, 2.75) is 57.1 Å². The van der Waals surface area contributed by atoms with E-state index in [9.17, 15) is 18.0 Å². The van der Waals surface area contributed by atoms with Crippen LogP contribution in [0.25, 0.3) is 0 Å². The van der Waals surface area contributed by atoms with Gasteiger partial charge in [0.2, 0.25) is 16.1 Å². The number of hydrogen-bond donors (Lipinski definition) is 1. The molecule has 0 spiro atoms. The van der Waals surface area contributed by atoms with Crippen LogP contribution in [0, 0.1) is 10.8 Å². The maximum Gasteiger partial charge on any atom is 0.339 e. The molecule has 2 aromatic carbocycles. The standard InChI is InChI=1S/C25H30N2O5S/c1-24(2)13-19-14-25(3,15-24)16-27(19)33(30,31)20-11-7-10-18(12-20)23(29)32-21(22(26)28)17-8-5-4-6-9-17/h4-12,19,21H,13-16H2,1-3H3,(H2,26,28). The molecule has 1 saturated heterocycles. The lowest BCUT2D eigenvalue weighted by atomic mass is 9.65. The number of hydrogen-bond acceptors (Lipinski definition) is 5. The molecule has 0 radical (unpaired) electrons. The van der Waals surface area contributed by atoms with Gasteiger partial charge < -0.3 is 10.5 Å². The number of nitrogens with two attached hydrogens (primary N) is 1. The fourth-order valence-corrected chi connectivity index (χ4v) is 7.52. The number of nitrogens with zero attached hydrogens (tertiary/aromatic N) is 1. The van der Waals surface area contributed by atoms with Crippen molar-refractivity contribution in [1.29, 1.82) is 0 Å². The van der Waals surface area contributed by atoms with Gasteiger partial charge in [0.15, 0.2) is 0 Å². The minimum atomic E-state index is -3.80. The van der Waals surface area contributed by atoms with Gasteiger partial charge in [0, 0.05) is 18.2 Å². The highest BCUT2D eigenvalue weighted by molar-refractivity contribution is 7.89. The third-order valence-electron chi connectivity index (χ3n) is 6.63. The number of fused-ring (bicyclic) bond motifs is 2. The van der Waals surface area contributed by atoms with E-state index >= 15 is 0 Å². The molecular weight excluding hydrogens is 440 g/mol. The molecule has 33 heavy (non-hydrogen) atoms. The van der Waals surface area contributed by atoms with Crippen LogP contribution in [0.2, 0.25) is 0 Å². The second-order valence-corrected chi connectivity index (χ2v) is 12.3. The Bertz CT molecular complexity index is 1180. The zero-order valence-corrected chi connectivity index (χ0v) is 20.0. The lowest BCUT2D eigenvalue weighted by Crippen LogP contribution is -2.37. The number of sulfonamides is 1. The van der Waals surface area contributed by atoms with Crippen molar-refractivity contribution < 1.29 is 22.7 Å². The van der Waals surface area contributed by atoms with Crippen molar-refractivity contribution in [2.24, 2.45) is 16.6 Å². The van der Waals surface area contributed by atoms with Crippen LogP contribution in [-0.2, 0) is 19.6 Å². The lowest BCUT2D eigenvalue weighted by Gasteiger charge is -2.39. The lowest BCUT2D eigenvalue weighted by molar-refractivity contribution is -0.127. The summed E-state index contributed by atoms with van der Waals surface area (Å²) in [5, 5.41) is 0. The number of carbonyl (C=O) groups is 2. The van der Waals surface area contributed by atoms with Crippen molar-refractivity contribution in [1.82, 2.24) is 4.31 Å². The van der Waals surface area contributed by atoms with Gasteiger partial charge in [-0.05, 0) is 48.3 Å². The fourth-order valence-electron chi connectivity index (χ4n) is 5.70. The fraction of sp³-hybridized carbons (Fsp3) is 0.440. The molecule has 1 amide bonds. The summed E-state index contributed by atoms with van der Waals surface area (Å²) in [4.78, 5) is 24.8. The number of ether oxygens (including phenoxy) is 1. The molecule has 1 heterocycles. The minimum Gasteiger partial charge on any atom is -0.444 e. The van der Waals surface area contributed by atoms with Gasteiger partial charge in [-0.3, -0.25) is 4.79 Å². The molecular formula is C25H30N2O5S. The highest BCUT2D eigenvalue weighted by atomic mass is 32.2. The molecule has 1 saturated carbocycles. The molecule has 2 aromatic rings. The Morgan fingerprint density at radius 1 is 1.06 bits per heavy atom. The first-order chi connectivity index (χ1) is 15.4. The van der Waals surface area contributed by atoms with E-state index in [4.69, 9.17) is 10.5 Å². The minimum absolute atomic E-state index is 0.0428. The third-order valence-corrected chi connectivity index (χ3v) is 8.52. The zero-order valence-electron chi connectivity index (χ0n) is 19.2. The average Bonchev–Trinajstić information content (AvgIpc) is 3.01. The number of primary amides is 1. The Balaban J connectivity index is 1.59. The monoisotopic (exact) mass is 470 g/mol. The van der Waals surface area contributed by atoms with E-state index in [2.05, 4.69) is 20.8 Å². The quantitative estimate of drug-likeness (QED) is 0.649. The van der Waals surface area contributed by atoms with E-state index < -0.39 is 28.0 Å². The van der Waals surface area contributed by atoms with Crippen molar-refractivity contribution in [3.05, 3.63) is 65.7 Å². The predicted molar refractivity (Wildman–Crippen MR) is 124 cm³/mol. The average molecular weight is 471 g/mol. The Morgan fingerprint density at radius 2 is 1.76 bits per heavy atom. The van der Waals surface area contributed by atoms with E-state index in [1.807, 2.05) is 0 Å². The van der Waals surface area contributed by atoms with Crippen molar-refractivity contribution >= 4 is 21.9 Å². The smallest absolute Gasteiger partial charge is 0.339 e. The van der Waals surface area contributed by atoms with Crippen LogP contribution in [0.3, 0.4) is 0 Å². The van der Waals surface area contributed by atoms with Gasteiger partial charge in [-0.15, -0.1) is 0 Å². The molecule has 7 nitrogen and oxygen atoms in total. The topological polar surface area (TPSA) is 107 Å². The molecule has 8 heteroatoms. The summed E-state index contributed by atoms with van der Waals surface area (Å²) in [6, 6.07) is 14.2. The summed E-state index contributed by atoms with van der Waals surface area (Å²) < 4.78 is 34.1. The van der Waals surface area contributed by atoms with Gasteiger partial charge in [0.1, 0.15) is 0 Å². The van der Waals surface area contributed by atoms with Gasteiger partial charge in [0.05, 0.1) is 10.5 Å². The summed E-state index contributed by atoms with van der Waals surface area (Å²) in [5.74, 6) is -1.62. The molecule has 4 rings (SSSR count). The van der Waals surface area contributed by atoms with E-state index in [0.717, 1.165) is 19.3 Å². The molecule has 3 unspecified atom stereocenters. The number of esters is 1. The molecule has 1 aliphatic carbocycles. The van der Waals surface area contributed by atoms with E-state index in [1.165, 1.54) is 24.3 Å². The maximum absolute atomic E-state index is 13.6. The van der Waals surface area contributed by atoms with Crippen molar-refractivity contribution in [3.63, 3.8) is 0 Å². The summed E-state index contributed by atoms with van der Waals surface area (Å²) in [6.07, 6.45) is 1.36. The first kappa shape index (κ1) is 23.4. The van der Waals surface area contributed by atoms with E-state index in [-0.39, 0.29) is 27.3 Å². The number of benzene rings is 2. The normalized spacial score (nSPS) is 25.4. The first-order valence-corrected chi connectivity index (χ1v) is 12.5. The summed E-state index contributed by atoms with van der Waals surface area (Å²) >= 11 is 0. The molecule has 2 N–H and O–H groups in total. The molecule has 3 atom stereocenters. The zero-order chi connectivity index (χ0) is 24.0. The Kier molecular flexibility index (Phi) is 5.87. The van der Waals surface area contributed by atoms with Crippen LogP contribution in [-0.4, -0.2) is 37.2 Å². The highest BCUT2D eigenvalue weighted by Gasteiger charge is 2.53. The number of rotatable bonds is 6. The second-order valence-electron chi connectivity index (χ2n) is 10.4. The molecule has 1 aliphatic heterocycles. The highest BCUT2D eigenvalue weighted by Crippen LogP contribution is 2.53. The first-order valence-electron chi connectivity index (χ1n) is 11.1. The van der Waals surface area contributed by atoms with Gasteiger partial charge >= 0.3 is 5.97 Å². The van der Waals surface area contributed by atoms with Crippen LogP contribution in [0.5, 0.6) is 0 Å². The summed E-state index contributed by atoms with van der Waals surface area (Å²) in [5.41, 5.74) is 5.96. The van der Waals surface area contributed by atoms with Gasteiger partial charge in [0.25, 0.3) is 5.91 Å². The van der Waals surface area contributed by atoms with E-state index in [0.29, 0.717) is 12.1 Å². The Hall–Kier alpha value is -2.71. The number of carbonyl (C=O) groups excluding carboxylic acids is 2. The van der Waals surface area contributed by atoms with Crippen LogP contribution < -0.4 is 5.73 Å². The van der Waals surface area contributed by atoms with Crippen LogP contribution in [0.4, 0.5) is 0 Å². The van der Waals surface area contributed by atoms with Crippen LogP contribution in [0.1, 0.15) is 62.1 Å². The van der Waals surface area contributed by atoms with Crippen molar-refractivity contribution in [3.8, 4) is 0 Å². The largest absolute Gasteiger partial charge is 0.444 e. The van der Waals surface area contributed by atoms with E-state index in [1.54, 1.807) is 34.6 Å². The second kappa shape index (κ2) is 8.25. The number of amides is 1. The molecule has 2 aliphatic rings. The SMILES string of the molecule is CC1(C)CC2CC(C)(CN2S(=O)(=O)c2cccc(C(=O)OC(C(N)=O)c3ccccc3)c2)C1. The van der Waals surface area contributed by atoms with Gasteiger partial charge in [-0.25, -0.2) is 13.2 Å². The predicted octanol–water partition coefficient (Wildman–Crippen LogP) is 3.66. The van der Waals surface area contributed by atoms with Gasteiger partial charge in [-0.2, -0.15) is 4.31 Å². The van der Waals surface area contributed by atoms with Crippen molar-refractivity contribution in [2.75, 3.05) is 6.54 Å². The summed E-state index contributed by atoms with van der Waals surface area (Å²) in [6.45, 7) is 6.99. The molecule has 0 aromatic heterocycles. The van der Waals surface area contributed by atoms with Crippen LogP contribution >= 0.6 is 0 Å². The maximum atomic E-state index is 13.6.